The first kappa shape index (κ1) is 14.0. The fourth-order valence-electron chi connectivity index (χ4n) is 1.29. The number of anilines is 1. The molecule has 0 aliphatic carbocycles. The third kappa shape index (κ3) is 2.78. The van der Waals surface area contributed by atoms with E-state index >= 15 is 0 Å². The van der Waals surface area contributed by atoms with Gasteiger partial charge in [0.2, 0.25) is 0 Å². The van der Waals surface area contributed by atoms with Crippen molar-refractivity contribution < 1.29 is 4.92 Å². The summed E-state index contributed by atoms with van der Waals surface area (Å²) < 4.78 is 1.11. The Kier molecular flexibility index (Phi) is 4.01. The summed E-state index contributed by atoms with van der Waals surface area (Å²) >= 11 is 11.8. The maximum atomic E-state index is 10.8. The van der Waals surface area contributed by atoms with Gasteiger partial charge in [0.1, 0.15) is 11.3 Å². The Labute approximate surface area is 122 Å². The third-order valence-electron chi connectivity index (χ3n) is 2.23. The highest BCUT2D eigenvalue weighted by Crippen LogP contribution is 2.31. The van der Waals surface area contributed by atoms with Gasteiger partial charge in [-0.05, 0) is 6.07 Å². The van der Waals surface area contributed by atoms with Gasteiger partial charge in [0.15, 0.2) is 0 Å². The molecular formula is C9H7Cl2N7O2. The van der Waals surface area contributed by atoms with Gasteiger partial charge in [-0.15, -0.1) is 10.2 Å². The summed E-state index contributed by atoms with van der Waals surface area (Å²) in [6.07, 6.45) is 2.50. The monoisotopic (exact) mass is 315 g/mol. The minimum absolute atomic E-state index is 0.109. The lowest BCUT2D eigenvalue weighted by molar-refractivity contribution is -0.384. The second-order valence-electron chi connectivity index (χ2n) is 3.48. The van der Waals surface area contributed by atoms with Crippen molar-refractivity contribution in [3.05, 3.63) is 44.2 Å². The molecule has 1 aromatic carbocycles. The number of nitrogens with two attached hydrogens (primary N) is 1. The summed E-state index contributed by atoms with van der Waals surface area (Å²) in [7, 11) is 0. The molecule has 0 unspecified atom stereocenters. The molecule has 0 aliphatic rings. The molecule has 9 nitrogen and oxygen atoms in total. The molecule has 0 spiro atoms. The van der Waals surface area contributed by atoms with E-state index < -0.39 is 4.92 Å². The van der Waals surface area contributed by atoms with Crippen molar-refractivity contribution in [2.24, 2.45) is 5.10 Å². The highest BCUT2D eigenvalue weighted by Gasteiger charge is 2.17. The van der Waals surface area contributed by atoms with Crippen LogP contribution in [0.2, 0.25) is 10.0 Å². The Bertz CT molecular complexity index is 685. The molecule has 11 heteroatoms. The van der Waals surface area contributed by atoms with Gasteiger partial charge >= 0.3 is 0 Å². The van der Waals surface area contributed by atoms with Crippen LogP contribution in [0.4, 0.5) is 11.6 Å². The number of nitro groups is 1. The van der Waals surface area contributed by atoms with E-state index in [-0.39, 0.29) is 27.2 Å². The first-order valence-electron chi connectivity index (χ1n) is 5.07. The van der Waals surface area contributed by atoms with Crippen LogP contribution in [0.1, 0.15) is 5.56 Å². The largest absolute Gasteiger partial charge is 0.335 e. The van der Waals surface area contributed by atoms with E-state index in [1.54, 1.807) is 0 Å². The number of nitro benzene ring substituents is 1. The molecule has 0 saturated carbocycles. The molecule has 2 rings (SSSR count). The normalized spacial score (nSPS) is 10.9. The second-order valence-corrected chi connectivity index (χ2v) is 4.27. The Morgan fingerprint density at radius 2 is 2.25 bits per heavy atom. The number of nitrogen functional groups attached to an aromatic ring is 1. The predicted molar refractivity (Wildman–Crippen MR) is 74.5 cm³/mol. The van der Waals surface area contributed by atoms with Crippen molar-refractivity contribution in [2.45, 2.75) is 0 Å². The standard InChI is InChI=1S/C9H7Cl2N7O2/c10-6-1-2-7(18(19)20)8(11)5(6)3-13-15-9-16-14-4-17(9)12/h1-4H,12H2,(H,15,16). The smallest absolute Gasteiger partial charge is 0.288 e. The van der Waals surface area contributed by atoms with Crippen molar-refractivity contribution >= 4 is 41.1 Å². The topological polar surface area (TPSA) is 124 Å². The van der Waals surface area contributed by atoms with Crippen molar-refractivity contribution in [2.75, 3.05) is 11.3 Å². The maximum absolute atomic E-state index is 10.8. The maximum Gasteiger partial charge on any atom is 0.288 e. The number of hydrogen-bond donors (Lipinski definition) is 2. The Hall–Kier alpha value is -2.39. The number of nitrogens with zero attached hydrogens (tertiary/aromatic N) is 5. The summed E-state index contributed by atoms with van der Waals surface area (Å²) in [4.78, 5) is 10.2. The molecule has 20 heavy (non-hydrogen) atoms. The highest BCUT2D eigenvalue weighted by molar-refractivity contribution is 6.40. The Morgan fingerprint density at radius 1 is 1.50 bits per heavy atom. The number of hydrazone groups is 1. The quantitative estimate of drug-likeness (QED) is 0.382. The van der Waals surface area contributed by atoms with Crippen LogP contribution in [0, 0.1) is 10.1 Å². The van der Waals surface area contributed by atoms with Gasteiger partial charge in [-0.25, -0.2) is 10.1 Å². The summed E-state index contributed by atoms with van der Waals surface area (Å²) in [5.41, 5.74) is 2.43. The minimum Gasteiger partial charge on any atom is -0.335 e. The van der Waals surface area contributed by atoms with Gasteiger partial charge in [-0.1, -0.05) is 23.2 Å². The molecule has 1 heterocycles. The molecule has 0 atom stereocenters. The van der Waals surface area contributed by atoms with Gasteiger partial charge < -0.3 is 5.84 Å². The predicted octanol–water partition coefficient (Wildman–Crippen LogP) is 1.65. The average molecular weight is 316 g/mol. The molecular weight excluding hydrogens is 309 g/mol. The zero-order valence-corrected chi connectivity index (χ0v) is 11.2. The lowest BCUT2D eigenvalue weighted by atomic mass is 10.2. The molecule has 0 bridgehead atoms. The third-order valence-corrected chi connectivity index (χ3v) is 2.96. The van der Waals surface area contributed by atoms with E-state index in [2.05, 4.69) is 20.7 Å². The van der Waals surface area contributed by atoms with Crippen molar-refractivity contribution in [1.82, 2.24) is 14.9 Å². The lowest BCUT2D eigenvalue weighted by Gasteiger charge is -2.02. The fourth-order valence-corrected chi connectivity index (χ4v) is 1.83. The Balaban J connectivity index is 2.27. The summed E-state index contributed by atoms with van der Waals surface area (Å²) in [5, 5.41) is 21.8. The molecule has 0 saturated heterocycles. The number of nitrogens with one attached hydrogen (secondary N) is 1. The van der Waals surface area contributed by atoms with Crippen molar-refractivity contribution in [3.8, 4) is 0 Å². The number of rotatable bonds is 4. The number of aromatic nitrogens is 3. The van der Waals surface area contributed by atoms with E-state index in [9.17, 15) is 10.1 Å². The minimum atomic E-state index is -0.611. The van der Waals surface area contributed by atoms with E-state index in [1.807, 2.05) is 0 Å². The van der Waals surface area contributed by atoms with Crippen molar-refractivity contribution in [1.29, 1.82) is 0 Å². The SMILES string of the molecule is Nn1cnnc1NN=Cc1c(Cl)ccc([N+](=O)[O-])c1Cl. The van der Waals surface area contributed by atoms with Crippen LogP contribution in [-0.2, 0) is 0 Å². The number of benzene rings is 1. The first-order chi connectivity index (χ1) is 9.50. The molecule has 0 amide bonds. The van der Waals surface area contributed by atoms with Gasteiger partial charge in [0.05, 0.1) is 16.2 Å². The summed E-state index contributed by atoms with van der Waals surface area (Å²) in [5.74, 6) is 5.64. The first-order valence-corrected chi connectivity index (χ1v) is 5.83. The zero-order chi connectivity index (χ0) is 14.7. The molecule has 0 radical (unpaired) electrons. The van der Waals surface area contributed by atoms with E-state index in [4.69, 9.17) is 29.0 Å². The van der Waals surface area contributed by atoms with Gasteiger partial charge in [-0.3, -0.25) is 10.1 Å². The fraction of sp³-hybridized carbons (Fsp3) is 0. The molecule has 0 fully saturated rings. The second kappa shape index (κ2) is 5.72. The zero-order valence-electron chi connectivity index (χ0n) is 9.70. The van der Waals surface area contributed by atoms with E-state index in [1.165, 1.54) is 24.7 Å². The lowest BCUT2D eigenvalue weighted by Crippen LogP contribution is -2.10. The average Bonchev–Trinajstić information content (AvgIpc) is 2.78. The van der Waals surface area contributed by atoms with Crippen LogP contribution in [0.25, 0.3) is 0 Å². The van der Waals surface area contributed by atoms with E-state index in [0.717, 1.165) is 4.68 Å². The van der Waals surface area contributed by atoms with Crippen LogP contribution in [-0.4, -0.2) is 26.0 Å². The van der Waals surface area contributed by atoms with Crippen LogP contribution in [0.3, 0.4) is 0 Å². The van der Waals surface area contributed by atoms with Gasteiger partial charge in [0, 0.05) is 11.6 Å². The number of halogens is 2. The molecule has 0 aliphatic heterocycles. The van der Waals surface area contributed by atoms with Gasteiger partial charge in [-0.2, -0.15) is 5.10 Å². The molecule has 104 valence electrons. The van der Waals surface area contributed by atoms with E-state index in [0.29, 0.717) is 0 Å². The Morgan fingerprint density at radius 3 is 2.85 bits per heavy atom. The van der Waals surface area contributed by atoms with Crippen LogP contribution >= 0.6 is 23.2 Å². The van der Waals surface area contributed by atoms with Crippen LogP contribution < -0.4 is 11.3 Å². The van der Waals surface area contributed by atoms with Crippen LogP contribution in [0.5, 0.6) is 0 Å². The van der Waals surface area contributed by atoms with Crippen LogP contribution in [0.15, 0.2) is 23.6 Å². The van der Waals surface area contributed by atoms with Gasteiger partial charge in [0.25, 0.3) is 11.6 Å². The highest BCUT2D eigenvalue weighted by atomic mass is 35.5. The molecule has 2 aromatic rings. The number of hydrogen-bond acceptors (Lipinski definition) is 7. The summed E-state index contributed by atoms with van der Waals surface area (Å²) in [6.45, 7) is 0. The summed E-state index contributed by atoms with van der Waals surface area (Å²) in [6, 6.07) is 2.57. The molecule has 3 N–H and O–H groups in total. The molecule has 1 aromatic heterocycles. The van der Waals surface area contributed by atoms with Crippen molar-refractivity contribution in [3.63, 3.8) is 0 Å².